The summed E-state index contributed by atoms with van der Waals surface area (Å²) >= 11 is 0. The van der Waals surface area contributed by atoms with Crippen molar-refractivity contribution in [1.29, 1.82) is 0 Å². The highest BCUT2D eigenvalue weighted by molar-refractivity contribution is 6.07. The van der Waals surface area contributed by atoms with E-state index in [0.29, 0.717) is 17.7 Å². The minimum atomic E-state index is -0.115. The van der Waals surface area contributed by atoms with E-state index in [0.717, 1.165) is 22.4 Å². The van der Waals surface area contributed by atoms with Crippen molar-refractivity contribution in [1.82, 2.24) is 4.90 Å². The fraction of sp³-hybridized carbons (Fsp3) is 0.273. The molecule has 0 atom stereocenters. The zero-order valence-electron chi connectivity index (χ0n) is 16.0. The molecule has 1 amide bonds. The van der Waals surface area contributed by atoms with Gasteiger partial charge in [0.25, 0.3) is 5.91 Å². The molecule has 0 saturated carbocycles. The Bertz CT molecular complexity index is 833. The highest BCUT2D eigenvalue weighted by atomic mass is 16.5. The lowest BCUT2D eigenvalue weighted by Gasteiger charge is -2.12. The highest BCUT2D eigenvalue weighted by Crippen LogP contribution is 2.27. The quantitative estimate of drug-likeness (QED) is 0.576. The summed E-state index contributed by atoms with van der Waals surface area (Å²) in [4.78, 5) is 25.9. The molecule has 0 aromatic heterocycles. The molecule has 2 rings (SSSR count). The smallest absolute Gasteiger partial charge is 0.253 e. The third-order valence-electron chi connectivity index (χ3n) is 3.97. The largest absolute Gasteiger partial charge is 0.493 e. The summed E-state index contributed by atoms with van der Waals surface area (Å²) in [6.45, 7) is 6.52. The van der Waals surface area contributed by atoms with Crippen LogP contribution in [0.4, 0.5) is 0 Å². The highest BCUT2D eigenvalue weighted by Gasteiger charge is 2.10. The van der Waals surface area contributed by atoms with Crippen LogP contribution in [0.15, 0.2) is 42.5 Å². The van der Waals surface area contributed by atoms with Crippen molar-refractivity contribution >= 4 is 17.8 Å². The van der Waals surface area contributed by atoms with Crippen LogP contribution >= 0.6 is 0 Å². The van der Waals surface area contributed by atoms with Gasteiger partial charge in [0.1, 0.15) is 5.75 Å². The third kappa shape index (κ3) is 4.60. The summed E-state index contributed by atoms with van der Waals surface area (Å²) < 4.78 is 5.72. The number of hydrogen-bond acceptors (Lipinski definition) is 3. The number of carbonyl (C=O) groups excluding carboxylic acids is 2. The van der Waals surface area contributed by atoms with Crippen molar-refractivity contribution in [3.05, 3.63) is 70.3 Å². The van der Waals surface area contributed by atoms with E-state index in [1.165, 1.54) is 4.90 Å². The van der Waals surface area contributed by atoms with Crippen LogP contribution in [0.5, 0.6) is 5.75 Å². The van der Waals surface area contributed by atoms with Crippen molar-refractivity contribution < 1.29 is 14.3 Å². The lowest BCUT2D eigenvalue weighted by Crippen LogP contribution is -2.21. The van der Waals surface area contributed by atoms with Gasteiger partial charge in [-0.1, -0.05) is 23.8 Å². The first-order valence-corrected chi connectivity index (χ1v) is 8.61. The topological polar surface area (TPSA) is 46.6 Å². The van der Waals surface area contributed by atoms with Gasteiger partial charge in [0.05, 0.1) is 6.61 Å². The summed E-state index contributed by atoms with van der Waals surface area (Å²) in [5.74, 6) is 0.598. The molecule has 0 aliphatic heterocycles. The van der Waals surface area contributed by atoms with Gasteiger partial charge in [0.15, 0.2) is 5.78 Å². The first-order chi connectivity index (χ1) is 12.3. The number of amides is 1. The number of rotatable bonds is 6. The molecule has 4 nitrogen and oxygen atoms in total. The molecule has 0 radical (unpaired) electrons. The molecule has 0 bridgehead atoms. The van der Waals surface area contributed by atoms with Gasteiger partial charge < -0.3 is 9.64 Å². The Hall–Kier alpha value is -2.88. The van der Waals surface area contributed by atoms with Gasteiger partial charge >= 0.3 is 0 Å². The molecule has 0 spiro atoms. The zero-order chi connectivity index (χ0) is 19.3. The summed E-state index contributed by atoms with van der Waals surface area (Å²) in [7, 11) is 3.40. The first kappa shape index (κ1) is 19.4. The van der Waals surface area contributed by atoms with Gasteiger partial charge in [-0.3, -0.25) is 9.59 Å². The molecule has 0 heterocycles. The molecule has 0 N–H and O–H groups in total. The Labute approximate surface area is 155 Å². The third-order valence-corrected chi connectivity index (χ3v) is 3.97. The number of allylic oxidation sites excluding steroid dienone is 1. The van der Waals surface area contributed by atoms with Gasteiger partial charge in [-0.05, 0) is 56.7 Å². The van der Waals surface area contributed by atoms with Crippen molar-refractivity contribution in [2.24, 2.45) is 0 Å². The monoisotopic (exact) mass is 351 g/mol. The Kier molecular flexibility index (Phi) is 6.34. The maximum Gasteiger partial charge on any atom is 0.253 e. The van der Waals surface area contributed by atoms with Gasteiger partial charge in [0.2, 0.25) is 0 Å². The van der Waals surface area contributed by atoms with Crippen LogP contribution in [0, 0.1) is 13.8 Å². The van der Waals surface area contributed by atoms with Gasteiger partial charge in [-0.2, -0.15) is 0 Å². The average molecular weight is 351 g/mol. The van der Waals surface area contributed by atoms with Gasteiger partial charge in [-0.25, -0.2) is 0 Å². The Balaban J connectivity index is 2.23. The van der Waals surface area contributed by atoms with Crippen molar-refractivity contribution in [2.45, 2.75) is 20.8 Å². The van der Waals surface area contributed by atoms with Crippen LogP contribution in [0.3, 0.4) is 0 Å². The van der Waals surface area contributed by atoms with E-state index in [1.54, 1.807) is 50.5 Å². The summed E-state index contributed by atoms with van der Waals surface area (Å²) in [5.41, 5.74) is 4.15. The SMILES string of the molecule is CCOc1c(C)cc(C)cc1/C=C/C(=O)c1ccc(C(=O)N(C)C)cc1. The minimum Gasteiger partial charge on any atom is -0.493 e. The maximum absolute atomic E-state index is 12.4. The van der Waals surface area contributed by atoms with E-state index < -0.39 is 0 Å². The van der Waals surface area contributed by atoms with Crippen LogP contribution in [-0.4, -0.2) is 37.3 Å². The Morgan fingerprint density at radius 2 is 1.65 bits per heavy atom. The van der Waals surface area contributed by atoms with E-state index in [4.69, 9.17) is 4.74 Å². The van der Waals surface area contributed by atoms with E-state index >= 15 is 0 Å². The van der Waals surface area contributed by atoms with Crippen molar-refractivity contribution in [3.8, 4) is 5.75 Å². The molecule has 2 aromatic carbocycles. The molecule has 0 fully saturated rings. The molecule has 0 aliphatic carbocycles. The Morgan fingerprint density at radius 3 is 2.23 bits per heavy atom. The molecule has 0 saturated heterocycles. The number of hydrogen-bond donors (Lipinski definition) is 0. The van der Waals surface area contributed by atoms with Gasteiger partial charge in [-0.15, -0.1) is 0 Å². The number of benzene rings is 2. The normalized spacial score (nSPS) is 10.8. The van der Waals surface area contributed by atoms with Crippen LogP contribution in [0.1, 0.15) is 44.3 Å². The summed E-state index contributed by atoms with van der Waals surface area (Å²) in [5, 5.41) is 0. The number of ether oxygens (including phenoxy) is 1. The van der Waals surface area contributed by atoms with E-state index in [-0.39, 0.29) is 11.7 Å². The molecule has 4 heteroatoms. The molecule has 2 aromatic rings. The van der Waals surface area contributed by atoms with Crippen LogP contribution in [-0.2, 0) is 0 Å². The Morgan fingerprint density at radius 1 is 1.04 bits per heavy atom. The summed E-state index contributed by atoms with van der Waals surface area (Å²) in [6.07, 6.45) is 3.33. The molecule has 0 aliphatic rings. The van der Waals surface area contributed by atoms with E-state index in [9.17, 15) is 9.59 Å². The zero-order valence-corrected chi connectivity index (χ0v) is 16.0. The lowest BCUT2D eigenvalue weighted by molar-refractivity contribution is 0.0827. The van der Waals surface area contributed by atoms with Crippen LogP contribution < -0.4 is 4.74 Å². The number of aryl methyl sites for hydroxylation is 2. The molecule has 136 valence electrons. The van der Waals surface area contributed by atoms with E-state index in [1.807, 2.05) is 26.8 Å². The molecular formula is C22H25NO3. The van der Waals surface area contributed by atoms with Crippen molar-refractivity contribution in [3.63, 3.8) is 0 Å². The predicted octanol–water partition coefficient (Wildman–Crippen LogP) is 4.30. The molecular weight excluding hydrogens is 326 g/mol. The molecule has 26 heavy (non-hydrogen) atoms. The second-order valence-electron chi connectivity index (χ2n) is 6.41. The maximum atomic E-state index is 12.4. The fourth-order valence-corrected chi connectivity index (χ4v) is 2.75. The minimum absolute atomic E-state index is 0.0869. The van der Waals surface area contributed by atoms with Crippen LogP contribution in [0.2, 0.25) is 0 Å². The second-order valence-corrected chi connectivity index (χ2v) is 6.41. The molecule has 0 unspecified atom stereocenters. The number of nitrogens with zero attached hydrogens (tertiary/aromatic N) is 1. The standard InChI is InChI=1S/C22H25NO3/c1-6-26-21-16(3)13-15(2)14-19(21)11-12-20(24)17-7-9-18(10-8-17)22(25)23(4)5/h7-14H,6H2,1-5H3/b12-11+. The average Bonchev–Trinajstić information content (AvgIpc) is 2.61. The fourth-order valence-electron chi connectivity index (χ4n) is 2.75. The second kappa shape index (κ2) is 8.48. The summed E-state index contributed by atoms with van der Waals surface area (Å²) in [6, 6.07) is 10.8. The van der Waals surface area contributed by atoms with Gasteiger partial charge in [0, 0.05) is 30.8 Å². The lowest BCUT2D eigenvalue weighted by atomic mass is 10.0. The van der Waals surface area contributed by atoms with Crippen LogP contribution in [0.25, 0.3) is 6.08 Å². The first-order valence-electron chi connectivity index (χ1n) is 8.61. The van der Waals surface area contributed by atoms with Crippen molar-refractivity contribution in [2.75, 3.05) is 20.7 Å². The number of carbonyl (C=O) groups is 2. The predicted molar refractivity (Wildman–Crippen MR) is 105 cm³/mol. The number of ketones is 1. The van der Waals surface area contributed by atoms with E-state index in [2.05, 4.69) is 6.07 Å².